The molecule has 6 nitrogen and oxygen atoms in total. The molecule has 3 saturated carbocycles. The molecule has 4 fully saturated rings. The van der Waals surface area contributed by atoms with Gasteiger partial charge in [0, 0.05) is 31.7 Å². The number of hydrogen-bond donors (Lipinski definition) is 1. The van der Waals surface area contributed by atoms with Crippen LogP contribution in [0.25, 0.3) is 0 Å². The second kappa shape index (κ2) is 11.5. The quantitative estimate of drug-likeness (QED) is 0.473. The largest absolute Gasteiger partial charge is 0.474 e. The van der Waals surface area contributed by atoms with Crippen molar-refractivity contribution in [2.45, 2.75) is 133 Å². The van der Waals surface area contributed by atoms with Crippen molar-refractivity contribution in [2.24, 2.45) is 22.7 Å². The van der Waals surface area contributed by atoms with E-state index in [2.05, 4.69) is 11.8 Å². The summed E-state index contributed by atoms with van der Waals surface area (Å²) in [5.41, 5.74) is -0.681. The molecule has 0 aromatic heterocycles. The van der Waals surface area contributed by atoms with Crippen molar-refractivity contribution in [3.05, 3.63) is 0 Å². The Kier molecular flexibility index (Phi) is 8.38. The highest BCUT2D eigenvalue weighted by Gasteiger charge is 2.61. The number of carbonyl (C=O) groups excluding carboxylic acids is 1. The number of piperidine rings is 1. The smallest absolute Gasteiger partial charge is 0.254 e. The van der Waals surface area contributed by atoms with E-state index < -0.39 is 5.54 Å². The average molecular weight is 489 g/mol. The van der Waals surface area contributed by atoms with E-state index in [-0.39, 0.29) is 24.7 Å². The molecule has 6 heteroatoms. The summed E-state index contributed by atoms with van der Waals surface area (Å²) >= 11 is 0. The molecule has 5 aliphatic rings. The van der Waals surface area contributed by atoms with Gasteiger partial charge >= 0.3 is 0 Å². The van der Waals surface area contributed by atoms with Gasteiger partial charge in [-0.05, 0) is 82.5 Å². The predicted octanol–water partition coefficient (Wildman–Crippen LogP) is 5.26. The number of amides is 1. The Morgan fingerprint density at radius 2 is 1.71 bits per heavy atom. The average Bonchev–Trinajstić information content (AvgIpc) is 3.28. The summed E-state index contributed by atoms with van der Waals surface area (Å²) < 4.78 is 12.8. The second-order valence-electron chi connectivity index (χ2n) is 12.0. The highest BCUT2D eigenvalue weighted by Crippen LogP contribution is 2.50. The molecule has 1 N–H and O–H groups in total. The van der Waals surface area contributed by atoms with Gasteiger partial charge in [0.1, 0.15) is 6.10 Å². The Bertz CT molecular complexity index is 743. The van der Waals surface area contributed by atoms with Crippen molar-refractivity contribution < 1.29 is 19.4 Å². The topological polar surface area (TPSA) is 71.4 Å². The van der Waals surface area contributed by atoms with Crippen LogP contribution >= 0.6 is 0 Å². The van der Waals surface area contributed by atoms with Crippen LogP contribution in [0.2, 0.25) is 0 Å². The fourth-order valence-electron chi connectivity index (χ4n) is 7.98. The number of hydrogen-bond acceptors (Lipinski definition) is 5. The van der Waals surface area contributed by atoms with E-state index in [9.17, 15) is 4.79 Å². The van der Waals surface area contributed by atoms with Crippen LogP contribution in [-0.2, 0) is 14.3 Å². The summed E-state index contributed by atoms with van der Waals surface area (Å²) in [5, 5.41) is 9.04. The Hall–Kier alpha value is -1.14. The van der Waals surface area contributed by atoms with Gasteiger partial charge < -0.3 is 19.5 Å². The molecule has 0 radical (unpaired) electrons. The first-order chi connectivity index (χ1) is 17.2. The van der Waals surface area contributed by atoms with Crippen LogP contribution in [0.1, 0.15) is 110 Å². The number of carbonyl (C=O) groups is 1. The number of fused-ring (bicyclic) bond motifs is 1. The van der Waals surface area contributed by atoms with E-state index in [1.807, 2.05) is 0 Å². The van der Waals surface area contributed by atoms with Gasteiger partial charge in [0.05, 0.1) is 6.10 Å². The lowest BCUT2D eigenvalue weighted by Crippen LogP contribution is -2.65. The van der Waals surface area contributed by atoms with Crippen LogP contribution in [0.4, 0.5) is 0 Å². The van der Waals surface area contributed by atoms with Crippen molar-refractivity contribution in [3.63, 3.8) is 0 Å². The fourth-order valence-corrected chi connectivity index (χ4v) is 7.98. The maximum atomic E-state index is 14.4. The molecule has 5 rings (SSSR count). The lowest BCUT2D eigenvalue weighted by molar-refractivity contribution is -0.154. The molecule has 2 heterocycles. The summed E-state index contributed by atoms with van der Waals surface area (Å²) in [4.78, 5) is 22.0. The van der Waals surface area contributed by atoms with Crippen molar-refractivity contribution in [1.82, 2.24) is 4.90 Å². The lowest BCUT2D eigenvalue weighted by Gasteiger charge is -2.51. The van der Waals surface area contributed by atoms with Crippen LogP contribution in [0.3, 0.4) is 0 Å². The first-order valence-corrected chi connectivity index (χ1v) is 15.0. The van der Waals surface area contributed by atoms with Gasteiger partial charge in [-0.2, -0.15) is 0 Å². The third-order valence-electron chi connectivity index (χ3n) is 9.72. The molecule has 2 aliphatic heterocycles. The fraction of sp³-hybridized carbons (Fsp3) is 0.931. The molecule has 35 heavy (non-hydrogen) atoms. The van der Waals surface area contributed by atoms with Crippen LogP contribution < -0.4 is 0 Å². The number of ether oxygens (including phenoxy) is 2. The highest BCUT2D eigenvalue weighted by molar-refractivity contribution is 5.95. The molecular formula is C29H48N2O4. The van der Waals surface area contributed by atoms with E-state index in [1.54, 1.807) is 0 Å². The maximum Gasteiger partial charge on any atom is 0.254 e. The zero-order chi connectivity index (χ0) is 24.3. The molecule has 3 aliphatic carbocycles. The minimum atomic E-state index is -0.681. The molecule has 1 saturated heterocycles. The van der Waals surface area contributed by atoms with Gasteiger partial charge in [-0.1, -0.05) is 39.0 Å². The molecule has 4 atom stereocenters. The Balaban J connectivity index is 1.38. The minimum Gasteiger partial charge on any atom is -0.474 e. The van der Waals surface area contributed by atoms with E-state index in [0.717, 1.165) is 57.4 Å². The summed E-state index contributed by atoms with van der Waals surface area (Å²) in [7, 11) is 0. The van der Waals surface area contributed by atoms with Gasteiger partial charge in [-0.3, -0.25) is 4.79 Å². The molecule has 1 spiro atoms. The molecular weight excluding hydrogens is 440 g/mol. The number of aliphatic hydroxyl groups excluding tert-OH is 1. The van der Waals surface area contributed by atoms with Gasteiger partial charge in [-0.25, -0.2) is 4.99 Å². The number of rotatable bonds is 8. The SMILES string of the molecule is CCCN1C(=O)[C@]2(CC3CCCCC31)N=C(C1CCC(OCCCO)CC1)O[C@@H]2C1CCCCC1. The van der Waals surface area contributed by atoms with Gasteiger partial charge in [0.15, 0.2) is 11.4 Å². The van der Waals surface area contributed by atoms with E-state index in [1.165, 1.54) is 51.4 Å². The molecule has 2 unspecified atom stereocenters. The van der Waals surface area contributed by atoms with Gasteiger partial charge in [0.25, 0.3) is 5.91 Å². The monoisotopic (exact) mass is 488 g/mol. The third-order valence-corrected chi connectivity index (χ3v) is 9.72. The Labute approximate surface area is 212 Å². The van der Waals surface area contributed by atoms with Crippen molar-refractivity contribution in [3.8, 4) is 0 Å². The number of likely N-dealkylation sites (tertiary alicyclic amines) is 1. The first kappa shape index (κ1) is 25.5. The maximum absolute atomic E-state index is 14.4. The van der Waals surface area contributed by atoms with Crippen LogP contribution in [0.15, 0.2) is 4.99 Å². The predicted molar refractivity (Wildman–Crippen MR) is 137 cm³/mol. The number of aliphatic hydroxyl groups is 1. The molecule has 0 aromatic carbocycles. The normalized spacial score (nSPS) is 38.3. The Morgan fingerprint density at radius 3 is 2.46 bits per heavy atom. The van der Waals surface area contributed by atoms with Gasteiger partial charge in [0.2, 0.25) is 0 Å². The Morgan fingerprint density at radius 1 is 1.00 bits per heavy atom. The standard InChI is InChI=1S/C29H48N2O4/c1-2-17-31-25-12-7-6-11-23(25)20-29(28(31)33)26(21-9-4-3-5-10-21)35-27(30-29)22-13-15-24(16-14-22)34-19-8-18-32/h21-26,32H,2-20H2,1H3/t22?,23?,24?,25?,26-,29-/m1/s1. The van der Waals surface area contributed by atoms with Crippen LogP contribution in [0.5, 0.6) is 0 Å². The van der Waals surface area contributed by atoms with E-state index in [0.29, 0.717) is 36.8 Å². The number of aliphatic imine (C=N–C) groups is 1. The second-order valence-corrected chi connectivity index (χ2v) is 12.0. The zero-order valence-corrected chi connectivity index (χ0v) is 22.0. The molecule has 198 valence electrons. The summed E-state index contributed by atoms with van der Waals surface area (Å²) in [5.74, 6) is 2.52. The summed E-state index contributed by atoms with van der Waals surface area (Å²) in [6.07, 6.45) is 18.0. The minimum absolute atomic E-state index is 0.0638. The first-order valence-electron chi connectivity index (χ1n) is 15.0. The van der Waals surface area contributed by atoms with E-state index in [4.69, 9.17) is 19.6 Å². The van der Waals surface area contributed by atoms with Crippen LogP contribution in [-0.4, -0.2) is 65.4 Å². The molecule has 1 amide bonds. The van der Waals surface area contributed by atoms with Crippen molar-refractivity contribution in [1.29, 1.82) is 0 Å². The summed E-state index contributed by atoms with van der Waals surface area (Å²) in [6, 6.07) is 0.416. The van der Waals surface area contributed by atoms with Crippen molar-refractivity contribution >= 4 is 11.8 Å². The van der Waals surface area contributed by atoms with E-state index >= 15 is 0 Å². The molecule has 0 bridgehead atoms. The summed E-state index contributed by atoms with van der Waals surface area (Å²) in [6.45, 7) is 3.89. The van der Waals surface area contributed by atoms with Gasteiger partial charge in [-0.15, -0.1) is 0 Å². The van der Waals surface area contributed by atoms with Crippen molar-refractivity contribution in [2.75, 3.05) is 19.8 Å². The highest BCUT2D eigenvalue weighted by atomic mass is 16.5. The lowest BCUT2D eigenvalue weighted by atomic mass is 9.66. The third kappa shape index (κ3) is 5.16. The zero-order valence-electron chi connectivity index (χ0n) is 22.0. The number of nitrogens with zero attached hydrogens (tertiary/aromatic N) is 2. The van der Waals surface area contributed by atoms with Crippen LogP contribution in [0, 0.1) is 17.8 Å². The molecule has 0 aromatic rings.